The molecule has 0 fully saturated rings. The molecule has 0 bridgehead atoms. The number of benzene rings is 1. The van der Waals surface area contributed by atoms with Crippen LogP contribution in [0.3, 0.4) is 0 Å². The van der Waals surface area contributed by atoms with E-state index in [1.54, 1.807) is 12.1 Å². The van der Waals surface area contributed by atoms with Crippen molar-refractivity contribution in [1.82, 2.24) is 0 Å². The first-order valence-corrected chi connectivity index (χ1v) is 8.05. The first kappa shape index (κ1) is 15.8. The molecule has 23 heavy (non-hydrogen) atoms. The molecule has 0 unspecified atom stereocenters. The topological polar surface area (TPSA) is 56.5 Å². The van der Waals surface area contributed by atoms with Crippen LogP contribution in [0.15, 0.2) is 33.5 Å². The van der Waals surface area contributed by atoms with Gasteiger partial charge >= 0.3 is 5.63 Å². The third kappa shape index (κ3) is 3.03. The van der Waals surface area contributed by atoms with Crippen molar-refractivity contribution in [2.24, 2.45) is 11.8 Å². The molecule has 0 radical (unpaired) electrons. The molecule has 122 valence electrons. The fourth-order valence-corrected chi connectivity index (χ4v) is 3.07. The minimum Gasteiger partial charge on any atom is -0.487 e. The Morgan fingerprint density at radius 3 is 2.74 bits per heavy atom. The lowest BCUT2D eigenvalue weighted by Gasteiger charge is -2.40. The highest BCUT2D eigenvalue weighted by molar-refractivity contribution is 5.81. The molecule has 2 aromatic rings. The average Bonchev–Trinajstić information content (AvgIpc) is 2.45. The molecule has 0 aliphatic carbocycles. The first-order valence-electron chi connectivity index (χ1n) is 8.05. The number of fused-ring (bicyclic) bond motifs is 2. The fraction of sp³-hybridized carbons (Fsp3) is 0.474. The lowest BCUT2D eigenvalue weighted by molar-refractivity contribution is -0.124. The molecule has 1 aliphatic rings. The first-order chi connectivity index (χ1) is 10.8. The molecule has 2 heterocycles. The summed E-state index contributed by atoms with van der Waals surface area (Å²) >= 11 is 0. The number of hydrogen-bond acceptors (Lipinski definition) is 4. The van der Waals surface area contributed by atoms with Gasteiger partial charge in [-0.2, -0.15) is 0 Å². The summed E-state index contributed by atoms with van der Waals surface area (Å²) < 4.78 is 11.4. The number of Topliss-reactive ketones (excluding diaryl/α,β-unsaturated/α-hetero) is 1. The lowest BCUT2D eigenvalue weighted by atomic mass is 9.78. The minimum absolute atomic E-state index is 0.0399. The Hall–Kier alpha value is -2.10. The second kappa shape index (κ2) is 5.52. The number of carbonyl (C=O) groups is 1. The summed E-state index contributed by atoms with van der Waals surface area (Å²) in [6, 6.07) is 6.96. The smallest absolute Gasteiger partial charge is 0.336 e. The molecule has 1 aliphatic heterocycles. The largest absolute Gasteiger partial charge is 0.487 e. The van der Waals surface area contributed by atoms with Crippen LogP contribution in [0.4, 0.5) is 0 Å². The summed E-state index contributed by atoms with van der Waals surface area (Å²) in [6.45, 7) is 7.89. The van der Waals surface area contributed by atoms with Gasteiger partial charge in [0.1, 0.15) is 22.7 Å². The molecule has 0 amide bonds. The average molecular weight is 314 g/mol. The molecule has 0 saturated carbocycles. The molecule has 4 nitrogen and oxygen atoms in total. The number of ketones is 1. The maximum Gasteiger partial charge on any atom is 0.336 e. The van der Waals surface area contributed by atoms with Crippen molar-refractivity contribution in [2.45, 2.75) is 46.1 Å². The molecule has 0 N–H and O–H groups in total. The van der Waals surface area contributed by atoms with Crippen LogP contribution >= 0.6 is 0 Å². The molecule has 4 heteroatoms. The van der Waals surface area contributed by atoms with E-state index in [9.17, 15) is 9.59 Å². The summed E-state index contributed by atoms with van der Waals surface area (Å²) in [5.41, 5.74) is 0.796. The van der Waals surface area contributed by atoms with E-state index < -0.39 is 5.60 Å². The SMILES string of the molecule is CC(C)C(=O)C[C@H]1Cc2cc3ccc(=O)oc3cc2OC1(C)C. The monoisotopic (exact) mass is 314 g/mol. The van der Waals surface area contributed by atoms with Crippen molar-refractivity contribution in [1.29, 1.82) is 0 Å². The van der Waals surface area contributed by atoms with Crippen LogP contribution in [0, 0.1) is 11.8 Å². The molecular formula is C19H22O4. The minimum atomic E-state index is -0.430. The zero-order valence-electron chi connectivity index (χ0n) is 14.0. The highest BCUT2D eigenvalue weighted by Crippen LogP contribution is 2.40. The lowest BCUT2D eigenvalue weighted by Crippen LogP contribution is -2.43. The maximum atomic E-state index is 12.2. The van der Waals surface area contributed by atoms with Gasteiger partial charge in [0, 0.05) is 35.8 Å². The Balaban J connectivity index is 1.99. The maximum absolute atomic E-state index is 12.2. The van der Waals surface area contributed by atoms with Gasteiger partial charge in [-0.3, -0.25) is 4.79 Å². The number of carbonyl (C=O) groups excluding carboxylic acids is 1. The highest BCUT2D eigenvalue weighted by atomic mass is 16.5. The predicted octanol–water partition coefficient (Wildman–Crippen LogP) is 3.74. The van der Waals surface area contributed by atoms with Gasteiger partial charge in [-0.05, 0) is 38.0 Å². The van der Waals surface area contributed by atoms with Crippen LogP contribution in [-0.4, -0.2) is 11.4 Å². The van der Waals surface area contributed by atoms with Crippen molar-refractivity contribution in [3.8, 4) is 5.75 Å². The van der Waals surface area contributed by atoms with E-state index in [4.69, 9.17) is 9.15 Å². The third-order valence-electron chi connectivity index (χ3n) is 4.72. The second-order valence-electron chi connectivity index (χ2n) is 7.18. The predicted molar refractivity (Wildman–Crippen MR) is 88.8 cm³/mol. The molecule has 0 saturated heterocycles. The van der Waals surface area contributed by atoms with Gasteiger partial charge in [0.2, 0.25) is 0 Å². The van der Waals surface area contributed by atoms with Crippen LogP contribution in [-0.2, 0) is 11.2 Å². The van der Waals surface area contributed by atoms with Gasteiger partial charge in [-0.1, -0.05) is 13.8 Å². The summed E-state index contributed by atoms with van der Waals surface area (Å²) in [5.74, 6) is 1.18. The van der Waals surface area contributed by atoms with Crippen molar-refractivity contribution in [3.63, 3.8) is 0 Å². The molecule has 3 rings (SSSR count). The molecular weight excluding hydrogens is 292 g/mol. The van der Waals surface area contributed by atoms with Crippen LogP contribution in [0.1, 0.15) is 39.7 Å². The van der Waals surface area contributed by atoms with E-state index in [-0.39, 0.29) is 23.2 Å². The molecule has 1 atom stereocenters. The van der Waals surface area contributed by atoms with Crippen molar-refractivity contribution < 1.29 is 13.9 Å². The highest BCUT2D eigenvalue weighted by Gasteiger charge is 2.38. The van der Waals surface area contributed by atoms with Crippen molar-refractivity contribution >= 4 is 16.8 Å². The van der Waals surface area contributed by atoms with Gasteiger partial charge in [-0.15, -0.1) is 0 Å². The van der Waals surface area contributed by atoms with Gasteiger partial charge in [0.25, 0.3) is 0 Å². The fourth-order valence-electron chi connectivity index (χ4n) is 3.07. The van der Waals surface area contributed by atoms with E-state index in [2.05, 4.69) is 0 Å². The van der Waals surface area contributed by atoms with Crippen molar-refractivity contribution in [2.75, 3.05) is 0 Å². The van der Waals surface area contributed by atoms with E-state index in [1.807, 2.05) is 33.8 Å². The van der Waals surface area contributed by atoms with E-state index in [0.717, 1.165) is 23.1 Å². The molecule has 1 aromatic carbocycles. The summed E-state index contributed by atoms with van der Waals surface area (Å²) in [7, 11) is 0. The Morgan fingerprint density at radius 2 is 2.04 bits per heavy atom. The van der Waals surface area contributed by atoms with Crippen LogP contribution < -0.4 is 10.4 Å². The number of rotatable bonds is 3. The normalized spacial score (nSPS) is 19.4. The standard InChI is InChI=1S/C19H22O4/c1-11(2)15(20)9-14-8-13-7-12-5-6-18(21)22-16(12)10-17(13)23-19(14,3)4/h5-7,10-11,14H,8-9H2,1-4H3/t14-/m1/s1. The van der Waals surface area contributed by atoms with E-state index in [1.165, 1.54) is 6.07 Å². The van der Waals surface area contributed by atoms with Gasteiger partial charge < -0.3 is 9.15 Å². The number of ether oxygens (including phenoxy) is 1. The van der Waals surface area contributed by atoms with Gasteiger partial charge in [0.15, 0.2) is 0 Å². The zero-order chi connectivity index (χ0) is 16.8. The van der Waals surface area contributed by atoms with Gasteiger partial charge in [-0.25, -0.2) is 4.79 Å². The summed E-state index contributed by atoms with van der Waals surface area (Å²) in [5, 5.41) is 0.876. The zero-order valence-corrected chi connectivity index (χ0v) is 14.0. The number of hydrogen-bond donors (Lipinski definition) is 0. The van der Waals surface area contributed by atoms with Crippen LogP contribution in [0.25, 0.3) is 11.0 Å². The Bertz CT molecular complexity index is 814. The summed E-state index contributed by atoms with van der Waals surface area (Å²) in [6.07, 6.45) is 1.31. The van der Waals surface area contributed by atoms with Gasteiger partial charge in [0.05, 0.1) is 0 Å². The second-order valence-corrected chi connectivity index (χ2v) is 7.18. The molecule has 0 spiro atoms. The van der Waals surface area contributed by atoms with Crippen molar-refractivity contribution in [3.05, 3.63) is 40.2 Å². The quantitative estimate of drug-likeness (QED) is 0.810. The Kier molecular flexibility index (Phi) is 3.78. The van der Waals surface area contributed by atoms with Crippen LogP contribution in [0.2, 0.25) is 0 Å². The van der Waals surface area contributed by atoms with E-state index >= 15 is 0 Å². The molecule has 1 aromatic heterocycles. The Labute approximate surface area is 135 Å². The third-order valence-corrected chi connectivity index (χ3v) is 4.72. The van der Waals surface area contributed by atoms with E-state index in [0.29, 0.717) is 12.0 Å². The summed E-state index contributed by atoms with van der Waals surface area (Å²) in [4.78, 5) is 23.5. The Morgan fingerprint density at radius 1 is 1.30 bits per heavy atom. The van der Waals surface area contributed by atoms with Crippen LogP contribution in [0.5, 0.6) is 5.75 Å².